The number of aromatic nitrogens is 3. The molecule has 4 aromatic rings. The van der Waals surface area contributed by atoms with Gasteiger partial charge in [-0.3, -0.25) is 4.79 Å². The average molecular weight is 402 g/mol. The molecular weight excluding hydrogens is 380 g/mol. The van der Waals surface area contributed by atoms with Crippen molar-refractivity contribution in [3.05, 3.63) is 77.6 Å². The highest BCUT2D eigenvalue weighted by Gasteiger charge is 2.13. The molecule has 0 aliphatic carbocycles. The van der Waals surface area contributed by atoms with Crippen molar-refractivity contribution in [1.82, 2.24) is 14.8 Å². The predicted molar refractivity (Wildman–Crippen MR) is 115 cm³/mol. The van der Waals surface area contributed by atoms with Gasteiger partial charge in [0.2, 0.25) is 0 Å². The number of ether oxygens (including phenoxy) is 2. The molecule has 152 valence electrons. The summed E-state index contributed by atoms with van der Waals surface area (Å²) in [6.45, 7) is 2.49. The molecule has 1 amide bonds. The zero-order valence-corrected chi connectivity index (χ0v) is 17.0. The summed E-state index contributed by atoms with van der Waals surface area (Å²) in [5.74, 6) is 1.23. The van der Waals surface area contributed by atoms with Gasteiger partial charge < -0.3 is 14.8 Å². The Kier molecular flexibility index (Phi) is 5.34. The number of aryl methyl sites for hydroxylation is 1. The maximum atomic E-state index is 12.6. The number of benzene rings is 2. The quantitative estimate of drug-likeness (QED) is 0.526. The third-order valence-corrected chi connectivity index (χ3v) is 4.86. The highest BCUT2D eigenvalue weighted by molar-refractivity contribution is 6.05. The van der Waals surface area contributed by atoms with Gasteiger partial charge in [0.15, 0.2) is 5.65 Å². The van der Waals surface area contributed by atoms with Crippen LogP contribution < -0.4 is 14.8 Å². The third-order valence-electron chi connectivity index (χ3n) is 4.86. The molecule has 30 heavy (non-hydrogen) atoms. The molecule has 4 rings (SSSR count). The molecule has 0 atom stereocenters. The van der Waals surface area contributed by atoms with Crippen LogP contribution in [0.5, 0.6) is 11.5 Å². The van der Waals surface area contributed by atoms with E-state index in [1.807, 2.05) is 49.4 Å². The molecule has 2 aromatic heterocycles. The lowest BCUT2D eigenvalue weighted by atomic mass is 10.2. The summed E-state index contributed by atoms with van der Waals surface area (Å²) in [7, 11) is 3.24. The molecule has 2 heterocycles. The fourth-order valence-electron chi connectivity index (χ4n) is 3.20. The largest absolute Gasteiger partial charge is 0.497 e. The van der Waals surface area contributed by atoms with E-state index in [4.69, 9.17) is 9.47 Å². The number of nitrogens with zero attached hydrogens (tertiary/aromatic N) is 3. The number of methoxy groups -OCH3 is 2. The second-order valence-corrected chi connectivity index (χ2v) is 6.94. The first-order valence-electron chi connectivity index (χ1n) is 9.48. The molecule has 0 aliphatic heterocycles. The van der Waals surface area contributed by atoms with E-state index in [0.717, 1.165) is 28.0 Å². The molecule has 0 spiro atoms. The van der Waals surface area contributed by atoms with Crippen LogP contribution in [0.1, 0.15) is 21.5 Å². The number of carbonyl (C=O) groups excluding carboxylic acids is 1. The molecule has 0 radical (unpaired) electrons. The minimum absolute atomic E-state index is 0.210. The monoisotopic (exact) mass is 402 g/mol. The second-order valence-electron chi connectivity index (χ2n) is 6.94. The number of amides is 1. The molecule has 2 aromatic carbocycles. The summed E-state index contributed by atoms with van der Waals surface area (Å²) >= 11 is 0. The summed E-state index contributed by atoms with van der Waals surface area (Å²) in [4.78, 5) is 17.1. The number of pyridine rings is 1. The van der Waals surface area contributed by atoms with Gasteiger partial charge >= 0.3 is 0 Å². The van der Waals surface area contributed by atoms with Crippen LogP contribution in [0.15, 0.2) is 60.9 Å². The zero-order valence-electron chi connectivity index (χ0n) is 17.0. The number of fused-ring (bicyclic) bond motifs is 1. The van der Waals surface area contributed by atoms with E-state index >= 15 is 0 Å². The highest BCUT2D eigenvalue weighted by atomic mass is 16.5. The third kappa shape index (κ3) is 3.96. The normalized spacial score (nSPS) is 10.8. The molecule has 0 aliphatic rings. The van der Waals surface area contributed by atoms with E-state index in [-0.39, 0.29) is 5.91 Å². The summed E-state index contributed by atoms with van der Waals surface area (Å²) in [5, 5.41) is 8.12. The standard InChI is InChI=1S/C23H22N4O3/c1-15-4-7-19(8-5-15)26-23(28)18-10-17-13-25-27(22(17)24-12-18)14-16-6-9-20(29-2)11-21(16)30-3/h4-13H,14H2,1-3H3,(H,26,28). The van der Waals surface area contributed by atoms with E-state index < -0.39 is 0 Å². The number of hydrogen-bond acceptors (Lipinski definition) is 5. The predicted octanol–water partition coefficient (Wildman–Crippen LogP) is 4.06. The lowest BCUT2D eigenvalue weighted by Gasteiger charge is -2.11. The Morgan fingerprint density at radius 2 is 1.83 bits per heavy atom. The molecule has 7 nitrogen and oxygen atoms in total. The highest BCUT2D eigenvalue weighted by Crippen LogP contribution is 2.26. The fourth-order valence-corrected chi connectivity index (χ4v) is 3.20. The van der Waals surface area contributed by atoms with Gasteiger partial charge in [-0.25, -0.2) is 9.67 Å². The number of hydrogen-bond donors (Lipinski definition) is 1. The first-order valence-corrected chi connectivity index (χ1v) is 9.48. The molecule has 0 bridgehead atoms. The van der Waals surface area contributed by atoms with E-state index in [0.29, 0.717) is 23.5 Å². The van der Waals surface area contributed by atoms with Crippen molar-refractivity contribution in [2.75, 3.05) is 19.5 Å². The first-order chi connectivity index (χ1) is 14.6. The van der Waals surface area contributed by atoms with Crippen molar-refractivity contribution in [3.63, 3.8) is 0 Å². The lowest BCUT2D eigenvalue weighted by molar-refractivity contribution is 0.102. The maximum absolute atomic E-state index is 12.6. The van der Waals surface area contributed by atoms with Crippen LogP contribution in [-0.4, -0.2) is 34.9 Å². The Balaban J connectivity index is 1.56. The van der Waals surface area contributed by atoms with Crippen LogP contribution in [0.25, 0.3) is 11.0 Å². The fraction of sp³-hybridized carbons (Fsp3) is 0.174. The van der Waals surface area contributed by atoms with Crippen molar-refractivity contribution < 1.29 is 14.3 Å². The Bertz CT molecular complexity index is 1200. The van der Waals surface area contributed by atoms with Gasteiger partial charge in [0, 0.05) is 28.9 Å². The summed E-state index contributed by atoms with van der Waals surface area (Å²) < 4.78 is 12.5. The molecular formula is C23H22N4O3. The molecule has 0 saturated carbocycles. The van der Waals surface area contributed by atoms with E-state index in [9.17, 15) is 4.79 Å². The first kappa shape index (κ1) is 19.4. The van der Waals surface area contributed by atoms with Gasteiger partial charge in [-0.1, -0.05) is 17.7 Å². The number of rotatable bonds is 6. The van der Waals surface area contributed by atoms with Gasteiger partial charge in [-0.05, 0) is 37.3 Å². The molecule has 0 saturated heterocycles. The Hall–Kier alpha value is -3.87. The summed E-state index contributed by atoms with van der Waals surface area (Å²) in [6, 6.07) is 15.1. The van der Waals surface area contributed by atoms with Crippen molar-refractivity contribution in [3.8, 4) is 11.5 Å². The number of nitrogens with one attached hydrogen (secondary N) is 1. The number of anilines is 1. The Morgan fingerprint density at radius 3 is 2.57 bits per heavy atom. The Morgan fingerprint density at radius 1 is 1.03 bits per heavy atom. The van der Waals surface area contributed by atoms with Crippen LogP contribution in [-0.2, 0) is 6.54 Å². The van der Waals surface area contributed by atoms with Gasteiger partial charge in [0.05, 0.1) is 32.5 Å². The van der Waals surface area contributed by atoms with Gasteiger partial charge in [-0.15, -0.1) is 0 Å². The van der Waals surface area contributed by atoms with Crippen molar-refractivity contribution in [1.29, 1.82) is 0 Å². The molecule has 1 N–H and O–H groups in total. The van der Waals surface area contributed by atoms with Crippen LogP contribution in [0.2, 0.25) is 0 Å². The minimum Gasteiger partial charge on any atom is -0.497 e. The second kappa shape index (κ2) is 8.24. The number of carbonyl (C=O) groups is 1. The lowest BCUT2D eigenvalue weighted by Crippen LogP contribution is -2.12. The van der Waals surface area contributed by atoms with Crippen LogP contribution >= 0.6 is 0 Å². The van der Waals surface area contributed by atoms with E-state index in [1.54, 1.807) is 37.4 Å². The average Bonchev–Trinajstić information content (AvgIpc) is 3.17. The summed E-state index contributed by atoms with van der Waals surface area (Å²) in [6.07, 6.45) is 3.27. The molecule has 0 unspecified atom stereocenters. The smallest absolute Gasteiger partial charge is 0.257 e. The van der Waals surface area contributed by atoms with E-state index in [1.165, 1.54) is 0 Å². The van der Waals surface area contributed by atoms with Crippen LogP contribution in [0.3, 0.4) is 0 Å². The molecule has 0 fully saturated rings. The minimum atomic E-state index is -0.210. The van der Waals surface area contributed by atoms with Crippen LogP contribution in [0.4, 0.5) is 5.69 Å². The van der Waals surface area contributed by atoms with Gasteiger partial charge in [-0.2, -0.15) is 5.10 Å². The van der Waals surface area contributed by atoms with Crippen LogP contribution in [0, 0.1) is 6.92 Å². The molecule has 7 heteroatoms. The van der Waals surface area contributed by atoms with Gasteiger partial charge in [0.1, 0.15) is 11.5 Å². The SMILES string of the molecule is COc1ccc(Cn2ncc3cc(C(=O)Nc4ccc(C)cc4)cnc32)c(OC)c1. The maximum Gasteiger partial charge on any atom is 0.257 e. The van der Waals surface area contributed by atoms with Gasteiger partial charge in [0.25, 0.3) is 5.91 Å². The van der Waals surface area contributed by atoms with Crippen molar-refractivity contribution in [2.45, 2.75) is 13.5 Å². The van der Waals surface area contributed by atoms with Crippen molar-refractivity contribution >= 4 is 22.6 Å². The summed E-state index contributed by atoms with van der Waals surface area (Å²) in [5.41, 5.74) is 4.00. The van der Waals surface area contributed by atoms with Crippen molar-refractivity contribution in [2.24, 2.45) is 0 Å². The zero-order chi connectivity index (χ0) is 21.1. The van der Waals surface area contributed by atoms with E-state index in [2.05, 4.69) is 15.4 Å². The topological polar surface area (TPSA) is 78.3 Å². The Labute approximate surface area is 174 Å².